The molecule has 19 heavy (non-hydrogen) atoms. The van der Waals surface area contributed by atoms with Crippen LogP contribution in [0.2, 0.25) is 0 Å². The van der Waals surface area contributed by atoms with E-state index in [0.717, 1.165) is 0 Å². The zero-order chi connectivity index (χ0) is 13.8. The Morgan fingerprint density at radius 1 is 1.32 bits per heavy atom. The van der Waals surface area contributed by atoms with Gasteiger partial charge >= 0.3 is 5.97 Å². The lowest BCUT2D eigenvalue weighted by molar-refractivity contribution is 0.0698. The van der Waals surface area contributed by atoms with Crippen LogP contribution in [0, 0.1) is 11.3 Å². The minimum atomic E-state index is -1.20. The maximum Gasteiger partial charge on any atom is 0.337 e. The zero-order valence-electron chi connectivity index (χ0n) is 9.58. The lowest BCUT2D eigenvalue weighted by Gasteiger charge is -2.07. The molecule has 0 spiro atoms. The first-order valence-electron chi connectivity index (χ1n) is 5.23. The summed E-state index contributed by atoms with van der Waals surface area (Å²) in [4.78, 5) is 22.9. The normalized spacial score (nSPS) is 9.63. The summed E-state index contributed by atoms with van der Waals surface area (Å²) in [5.74, 6) is -1.58. The molecule has 0 aliphatic carbocycles. The van der Waals surface area contributed by atoms with Crippen LogP contribution in [0.25, 0.3) is 0 Å². The number of carboxylic acid groups (broad SMARTS) is 1. The molecule has 0 atom stereocenters. The van der Waals surface area contributed by atoms with Crippen molar-refractivity contribution in [1.82, 2.24) is 0 Å². The average molecular weight is 272 g/mol. The van der Waals surface area contributed by atoms with Gasteiger partial charge in [-0.1, -0.05) is 0 Å². The lowest BCUT2D eigenvalue weighted by atomic mass is 10.1. The maximum absolute atomic E-state index is 11.8. The van der Waals surface area contributed by atoms with Gasteiger partial charge in [0, 0.05) is 5.38 Å². The van der Waals surface area contributed by atoms with E-state index in [1.165, 1.54) is 29.5 Å². The largest absolute Gasteiger partial charge is 0.478 e. The number of aromatic carboxylic acids is 1. The number of carbonyl (C=O) groups is 2. The van der Waals surface area contributed by atoms with Gasteiger partial charge in [-0.2, -0.15) is 16.6 Å². The molecule has 2 aromatic rings. The average Bonchev–Trinajstić information content (AvgIpc) is 2.92. The molecule has 1 heterocycles. The molecule has 2 N–H and O–H groups in total. The standard InChI is InChI=1S/C13H8N2O3S/c14-6-8-1-2-11(10(5-8)13(17)18)15-12(16)9-3-4-19-7-9/h1-5,7H,(H,15,16)(H,17,18). The van der Waals surface area contributed by atoms with E-state index in [4.69, 9.17) is 10.4 Å². The molecular formula is C13H8N2O3S. The third-order valence-electron chi connectivity index (χ3n) is 2.41. The van der Waals surface area contributed by atoms with Crippen LogP contribution >= 0.6 is 11.3 Å². The molecule has 0 bridgehead atoms. The quantitative estimate of drug-likeness (QED) is 0.898. The van der Waals surface area contributed by atoms with Gasteiger partial charge in [-0.3, -0.25) is 4.79 Å². The van der Waals surface area contributed by atoms with E-state index >= 15 is 0 Å². The molecule has 1 aromatic carbocycles. The summed E-state index contributed by atoms with van der Waals surface area (Å²) in [6.45, 7) is 0. The molecule has 0 saturated carbocycles. The number of carboxylic acids is 1. The summed E-state index contributed by atoms with van der Waals surface area (Å²) in [6, 6.07) is 7.59. The van der Waals surface area contributed by atoms with Crippen molar-refractivity contribution in [3.63, 3.8) is 0 Å². The summed E-state index contributed by atoms with van der Waals surface area (Å²) < 4.78 is 0. The Kier molecular flexibility index (Phi) is 3.59. The summed E-state index contributed by atoms with van der Waals surface area (Å²) in [5, 5.41) is 23.8. The molecular weight excluding hydrogens is 264 g/mol. The number of nitrogens with zero attached hydrogens (tertiary/aromatic N) is 1. The van der Waals surface area contributed by atoms with Gasteiger partial charge in [-0.25, -0.2) is 4.79 Å². The molecule has 0 radical (unpaired) electrons. The van der Waals surface area contributed by atoms with Crippen LogP contribution in [-0.2, 0) is 0 Å². The van der Waals surface area contributed by atoms with E-state index in [1.807, 2.05) is 6.07 Å². The van der Waals surface area contributed by atoms with Crippen molar-refractivity contribution in [2.24, 2.45) is 0 Å². The van der Waals surface area contributed by atoms with E-state index in [2.05, 4.69) is 5.32 Å². The van der Waals surface area contributed by atoms with Gasteiger partial charge in [0.1, 0.15) is 0 Å². The second-order valence-corrected chi connectivity index (χ2v) is 4.42. The number of hydrogen-bond acceptors (Lipinski definition) is 4. The summed E-state index contributed by atoms with van der Waals surface area (Å²) >= 11 is 1.37. The van der Waals surface area contributed by atoms with Crippen LogP contribution < -0.4 is 5.32 Å². The highest BCUT2D eigenvalue weighted by Gasteiger charge is 2.14. The van der Waals surface area contributed by atoms with E-state index in [1.54, 1.807) is 16.8 Å². The highest BCUT2D eigenvalue weighted by Crippen LogP contribution is 2.19. The van der Waals surface area contributed by atoms with Crippen LogP contribution in [-0.4, -0.2) is 17.0 Å². The molecule has 1 amide bonds. The Balaban J connectivity index is 2.33. The van der Waals surface area contributed by atoms with Crippen molar-refractivity contribution in [3.05, 3.63) is 51.7 Å². The third kappa shape index (κ3) is 2.78. The predicted molar refractivity (Wildman–Crippen MR) is 70.4 cm³/mol. The smallest absolute Gasteiger partial charge is 0.337 e. The Bertz CT molecular complexity index is 672. The van der Waals surface area contributed by atoms with Crippen LogP contribution in [0.3, 0.4) is 0 Å². The Morgan fingerprint density at radius 2 is 2.11 bits per heavy atom. The van der Waals surface area contributed by atoms with E-state index in [9.17, 15) is 9.59 Å². The molecule has 6 heteroatoms. The number of hydrogen-bond donors (Lipinski definition) is 2. The minimum absolute atomic E-state index is 0.109. The number of nitriles is 1. The van der Waals surface area contributed by atoms with Gasteiger partial charge in [-0.05, 0) is 29.6 Å². The molecule has 0 aliphatic heterocycles. The first kappa shape index (κ1) is 12.8. The van der Waals surface area contributed by atoms with E-state index < -0.39 is 5.97 Å². The fourth-order valence-corrected chi connectivity index (χ4v) is 2.12. The van der Waals surface area contributed by atoms with Gasteiger partial charge in [0.2, 0.25) is 0 Å². The van der Waals surface area contributed by atoms with Crippen molar-refractivity contribution in [1.29, 1.82) is 5.26 Å². The zero-order valence-corrected chi connectivity index (χ0v) is 10.4. The van der Waals surface area contributed by atoms with Crippen molar-refractivity contribution in [2.45, 2.75) is 0 Å². The first-order valence-corrected chi connectivity index (χ1v) is 6.17. The number of carbonyl (C=O) groups excluding carboxylic acids is 1. The van der Waals surface area contributed by atoms with Crippen molar-refractivity contribution >= 4 is 28.9 Å². The second kappa shape index (κ2) is 5.33. The Hall–Kier alpha value is -2.65. The summed E-state index contributed by atoms with van der Waals surface area (Å²) in [5.41, 5.74) is 0.752. The van der Waals surface area contributed by atoms with Gasteiger partial charge in [-0.15, -0.1) is 0 Å². The highest BCUT2D eigenvalue weighted by molar-refractivity contribution is 7.08. The monoisotopic (exact) mass is 272 g/mol. The molecule has 0 aliphatic rings. The fourth-order valence-electron chi connectivity index (χ4n) is 1.49. The van der Waals surface area contributed by atoms with Crippen molar-refractivity contribution < 1.29 is 14.7 Å². The van der Waals surface area contributed by atoms with Gasteiger partial charge in [0.15, 0.2) is 0 Å². The molecule has 0 fully saturated rings. The minimum Gasteiger partial charge on any atom is -0.478 e. The number of thiophene rings is 1. The number of rotatable bonds is 3. The van der Waals surface area contributed by atoms with Gasteiger partial charge in [0.25, 0.3) is 5.91 Å². The predicted octanol–water partition coefficient (Wildman–Crippen LogP) is 2.57. The van der Waals surface area contributed by atoms with Crippen LogP contribution in [0.5, 0.6) is 0 Å². The topological polar surface area (TPSA) is 90.2 Å². The number of benzene rings is 1. The molecule has 94 valence electrons. The Labute approximate surface area is 112 Å². The number of anilines is 1. The van der Waals surface area contributed by atoms with E-state index in [-0.39, 0.29) is 22.7 Å². The molecule has 0 saturated heterocycles. The first-order chi connectivity index (χ1) is 9.11. The molecule has 5 nitrogen and oxygen atoms in total. The third-order valence-corrected chi connectivity index (χ3v) is 3.09. The molecule has 2 rings (SSSR count). The van der Waals surface area contributed by atoms with Crippen LogP contribution in [0.15, 0.2) is 35.0 Å². The van der Waals surface area contributed by atoms with Crippen molar-refractivity contribution in [3.8, 4) is 6.07 Å². The molecule has 1 aromatic heterocycles. The number of nitrogens with one attached hydrogen (secondary N) is 1. The van der Waals surface area contributed by atoms with Gasteiger partial charge < -0.3 is 10.4 Å². The second-order valence-electron chi connectivity index (χ2n) is 3.64. The SMILES string of the molecule is N#Cc1ccc(NC(=O)c2ccsc2)c(C(=O)O)c1. The van der Waals surface area contributed by atoms with Crippen LogP contribution in [0.4, 0.5) is 5.69 Å². The van der Waals surface area contributed by atoms with E-state index in [0.29, 0.717) is 5.56 Å². The summed E-state index contributed by atoms with van der Waals surface area (Å²) in [6.07, 6.45) is 0. The van der Waals surface area contributed by atoms with Gasteiger partial charge in [0.05, 0.1) is 28.4 Å². The highest BCUT2D eigenvalue weighted by atomic mass is 32.1. The molecule has 0 unspecified atom stereocenters. The van der Waals surface area contributed by atoms with Crippen LogP contribution in [0.1, 0.15) is 26.3 Å². The fraction of sp³-hybridized carbons (Fsp3) is 0. The summed E-state index contributed by atoms with van der Waals surface area (Å²) in [7, 11) is 0. The lowest BCUT2D eigenvalue weighted by Crippen LogP contribution is -2.14. The Morgan fingerprint density at radius 3 is 2.68 bits per heavy atom. The maximum atomic E-state index is 11.8. The van der Waals surface area contributed by atoms with Crippen molar-refractivity contribution in [2.75, 3.05) is 5.32 Å². The number of amides is 1.